The lowest BCUT2D eigenvalue weighted by atomic mass is 10.1. The molecule has 0 aromatic heterocycles. The Morgan fingerprint density at radius 2 is 1.83 bits per heavy atom. The second-order valence-electron chi connectivity index (χ2n) is 5.04. The molecule has 0 aliphatic heterocycles. The first-order valence-corrected chi connectivity index (χ1v) is 7.83. The highest BCUT2D eigenvalue weighted by molar-refractivity contribution is 9.10. The lowest BCUT2D eigenvalue weighted by Crippen LogP contribution is -2.31. The zero-order chi connectivity index (χ0) is 17.7. The van der Waals surface area contributed by atoms with Crippen molar-refractivity contribution in [2.75, 3.05) is 6.61 Å². The quantitative estimate of drug-likeness (QED) is 0.781. The van der Waals surface area contributed by atoms with Gasteiger partial charge in [-0.1, -0.05) is 28.1 Å². The number of esters is 1. The van der Waals surface area contributed by atoms with Gasteiger partial charge in [0, 0.05) is 10.5 Å². The van der Waals surface area contributed by atoms with Crippen LogP contribution in [0.25, 0.3) is 0 Å². The summed E-state index contributed by atoms with van der Waals surface area (Å²) in [6.45, 7) is 1.22. The van der Waals surface area contributed by atoms with Crippen LogP contribution in [0.3, 0.4) is 0 Å². The predicted molar refractivity (Wildman–Crippen MR) is 87.3 cm³/mol. The maximum Gasteiger partial charge on any atom is 0.341 e. The van der Waals surface area contributed by atoms with Crippen LogP contribution < -0.4 is 5.32 Å². The highest BCUT2D eigenvalue weighted by atomic mass is 79.9. The lowest BCUT2D eigenvalue weighted by Gasteiger charge is -2.14. The fraction of sp³-hybridized carbons (Fsp3) is 0.176. The molecule has 0 saturated heterocycles. The molecule has 0 aliphatic carbocycles. The van der Waals surface area contributed by atoms with Gasteiger partial charge in [-0.25, -0.2) is 13.6 Å². The van der Waals surface area contributed by atoms with Crippen LogP contribution in [0.5, 0.6) is 0 Å². The number of halogens is 3. The third-order valence-corrected chi connectivity index (χ3v) is 3.76. The average Bonchev–Trinajstić information content (AvgIpc) is 2.53. The Balaban J connectivity index is 1.88. The molecule has 0 saturated carbocycles. The van der Waals surface area contributed by atoms with Crippen LogP contribution in [-0.2, 0) is 9.53 Å². The summed E-state index contributed by atoms with van der Waals surface area (Å²) in [5.74, 6) is -3.39. The minimum Gasteiger partial charge on any atom is -0.452 e. The summed E-state index contributed by atoms with van der Waals surface area (Å²) < 4.78 is 31.9. The molecule has 0 bridgehead atoms. The van der Waals surface area contributed by atoms with Gasteiger partial charge in [0.15, 0.2) is 6.61 Å². The molecule has 0 fully saturated rings. The number of amides is 1. The number of rotatable bonds is 5. The molecule has 0 radical (unpaired) electrons. The minimum atomic E-state index is -1.04. The van der Waals surface area contributed by atoms with Gasteiger partial charge in [0.2, 0.25) is 0 Å². The molecule has 1 atom stereocenters. The van der Waals surface area contributed by atoms with E-state index in [0.717, 1.165) is 22.2 Å². The maximum atomic E-state index is 13.4. The van der Waals surface area contributed by atoms with E-state index in [-0.39, 0.29) is 6.04 Å². The monoisotopic (exact) mass is 397 g/mol. The zero-order valence-electron chi connectivity index (χ0n) is 12.7. The molecule has 4 nitrogen and oxygen atoms in total. The van der Waals surface area contributed by atoms with Crippen molar-refractivity contribution in [1.29, 1.82) is 0 Å². The van der Waals surface area contributed by atoms with Crippen LogP contribution in [0.15, 0.2) is 46.9 Å². The van der Waals surface area contributed by atoms with Crippen molar-refractivity contribution < 1.29 is 23.1 Å². The topological polar surface area (TPSA) is 55.4 Å². The predicted octanol–water partition coefficient (Wildman–Crippen LogP) is 3.76. The summed E-state index contributed by atoms with van der Waals surface area (Å²) in [6.07, 6.45) is 0. The number of benzene rings is 2. The van der Waals surface area contributed by atoms with Crippen molar-refractivity contribution >= 4 is 27.8 Å². The molecule has 0 aliphatic rings. The normalized spacial score (nSPS) is 11.7. The summed E-state index contributed by atoms with van der Waals surface area (Å²) in [4.78, 5) is 23.5. The van der Waals surface area contributed by atoms with Gasteiger partial charge in [0.1, 0.15) is 11.6 Å². The Bertz CT molecular complexity index is 750. The number of ether oxygens (including phenoxy) is 1. The van der Waals surface area contributed by atoms with Crippen LogP contribution in [0.4, 0.5) is 8.78 Å². The van der Waals surface area contributed by atoms with E-state index in [9.17, 15) is 18.4 Å². The number of carbonyl (C=O) groups is 2. The van der Waals surface area contributed by atoms with Crippen molar-refractivity contribution in [3.8, 4) is 0 Å². The molecule has 1 N–H and O–H groups in total. The van der Waals surface area contributed by atoms with Crippen LogP contribution in [0, 0.1) is 11.6 Å². The molecule has 0 spiro atoms. The number of nitrogens with one attached hydrogen (secondary N) is 1. The molecule has 0 heterocycles. The van der Waals surface area contributed by atoms with E-state index in [1.807, 2.05) is 24.3 Å². The summed E-state index contributed by atoms with van der Waals surface area (Å²) in [7, 11) is 0. The third kappa shape index (κ3) is 4.86. The molecule has 0 unspecified atom stereocenters. The van der Waals surface area contributed by atoms with Crippen molar-refractivity contribution in [2.24, 2.45) is 0 Å². The van der Waals surface area contributed by atoms with Crippen LogP contribution in [0.2, 0.25) is 0 Å². The molecule has 2 rings (SSSR count). The van der Waals surface area contributed by atoms with E-state index in [1.165, 1.54) is 0 Å². The fourth-order valence-electron chi connectivity index (χ4n) is 1.98. The number of carbonyl (C=O) groups excluding carboxylic acids is 2. The Kier molecular flexibility index (Phi) is 6.03. The Morgan fingerprint density at radius 1 is 1.17 bits per heavy atom. The van der Waals surface area contributed by atoms with Crippen LogP contribution >= 0.6 is 15.9 Å². The lowest BCUT2D eigenvalue weighted by molar-refractivity contribution is -0.124. The Hall–Kier alpha value is -2.28. The van der Waals surface area contributed by atoms with E-state index in [0.29, 0.717) is 6.07 Å². The Morgan fingerprint density at radius 3 is 2.46 bits per heavy atom. The molecule has 2 aromatic carbocycles. The molecule has 2 aromatic rings. The second-order valence-corrected chi connectivity index (χ2v) is 5.96. The number of hydrogen-bond donors (Lipinski definition) is 1. The third-order valence-electron chi connectivity index (χ3n) is 3.23. The van der Waals surface area contributed by atoms with E-state index in [1.54, 1.807) is 6.92 Å². The van der Waals surface area contributed by atoms with Gasteiger partial charge in [0.25, 0.3) is 5.91 Å². The van der Waals surface area contributed by atoms with Crippen LogP contribution in [0.1, 0.15) is 28.9 Å². The Labute approximate surface area is 145 Å². The van der Waals surface area contributed by atoms with Gasteiger partial charge in [-0.15, -0.1) is 0 Å². The minimum absolute atomic E-state index is 0.285. The first-order chi connectivity index (χ1) is 11.4. The summed E-state index contributed by atoms with van der Waals surface area (Å²) in [6, 6.07) is 9.57. The van der Waals surface area contributed by atoms with Crippen molar-refractivity contribution in [3.05, 3.63) is 69.7 Å². The summed E-state index contributed by atoms with van der Waals surface area (Å²) in [5.41, 5.74) is 0.451. The van der Waals surface area contributed by atoms with Crippen LogP contribution in [-0.4, -0.2) is 18.5 Å². The number of hydrogen-bond acceptors (Lipinski definition) is 3. The van der Waals surface area contributed by atoms with Gasteiger partial charge >= 0.3 is 5.97 Å². The van der Waals surface area contributed by atoms with Gasteiger partial charge in [-0.2, -0.15) is 0 Å². The van der Waals surface area contributed by atoms with E-state index in [4.69, 9.17) is 4.74 Å². The molecular weight excluding hydrogens is 384 g/mol. The largest absolute Gasteiger partial charge is 0.452 e. The summed E-state index contributed by atoms with van der Waals surface area (Å²) >= 11 is 3.32. The fourth-order valence-corrected chi connectivity index (χ4v) is 2.25. The first kappa shape index (κ1) is 18.1. The highest BCUT2D eigenvalue weighted by Gasteiger charge is 2.16. The average molecular weight is 398 g/mol. The van der Waals surface area contributed by atoms with Gasteiger partial charge in [-0.3, -0.25) is 4.79 Å². The zero-order valence-corrected chi connectivity index (χ0v) is 14.3. The molecule has 7 heteroatoms. The molecule has 1 amide bonds. The second kappa shape index (κ2) is 8.01. The van der Waals surface area contributed by atoms with E-state index in [2.05, 4.69) is 21.2 Å². The van der Waals surface area contributed by atoms with Crippen molar-refractivity contribution in [1.82, 2.24) is 5.32 Å². The molecule has 24 heavy (non-hydrogen) atoms. The highest BCUT2D eigenvalue weighted by Crippen LogP contribution is 2.16. The van der Waals surface area contributed by atoms with Gasteiger partial charge in [0.05, 0.1) is 11.6 Å². The van der Waals surface area contributed by atoms with E-state index < -0.39 is 35.7 Å². The SMILES string of the molecule is C[C@H](NC(=O)COC(=O)c1ccc(F)cc1F)c1ccc(Br)cc1. The first-order valence-electron chi connectivity index (χ1n) is 7.04. The van der Waals surface area contributed by atoms with Gasteiger partial charge < -0.3 is 10.1 Å². The molecular formula is C17H14BrF2NO3. The van der Waals surface area contributed by atoms with E-state index >= 15 is 0 Å². The smallest absolute Gasteiger partial charge is 0.341 e. The maximum absolute atomic E-state index is 13.4. The van der Waals surface area contributed by atoms with Crippen molar-refractivity contribution in [2.45, 2.75) is 13.0 Å². The summed E-state index contributed by atoms with van der Waals surface area (Å²) in [5, 5.41) is 2.66. The van der Waals surface area contributed by atoms with Crippen molar-refractivity contribution in [3.63, 3.8) is 0 Å². The standard InChI is InChI=1S/C17H14BrF2NO3/c1-10(11-2-4-12(18)5-3-11)21-16(22)9-24-17(23)14-7-6-13(19)8-15(14)20/h2-8,10H,9H2,1H3,(H,21,22)/t10-/m0/s1. The molecule has 126 valence electrons. The van der Waals surface area contributed by atoms with Gasteiger partial charge in [-0.05, 0) is 36.8 Å².